The summed E-state index contributed by atoms with van der Waals surface area (Å²) in [7, 11) is 0. The molecule has 1 aliphatic heterocycles. The second-order valence-electron chi connectivity index (χ2n) is 6.01. The second kappa shape index (κ2) is 4.65. The highest BCUT2D eigenvalue weighted by Crippen LogP contribution is 2.38. The van der Waals surface area contributed by atoms with E-state index in [-0.39, 0.29) is 0 Å². The minimum Gasteiger partial charge on any atom is -0.345 e. The Labute approximate surface area is 123 Å². The molecule has 0 atom stereocenters. The van der Waals surface area contributed by atoms with E-state index in [1.165, 1.54) is 42.6 Å². The molecule has 106 valence electrons. The highest BCUT2D eigenvalue weighted by atomic mass is 32.2. The van der Waals surface area contributed by atoms with Gasteiger partial charge in [-0.05, 0) is 45.6 Å². The third kappa shape index (κ3) is 2.28. The molecule has 0 radical (unpaired) electrons. The van der Waals surface area contributed by atoms with Crippen LogP contribution in [0.25, 0.3) is 0 Å². The van der Waals surface area contributed by atoms with E-state index in [0.29, 0.717) is 6.04 Å². The van der Waals surface area contributed by atoms with Crippen molar-refractivity contribution in [2.75, 3.05) is 5.75 Å². The van der Waals surface area contributed by atoms with Crippen LogP contribution >= 0.6 is 11.8 Å². The molecule has 2 saturated carbocycles. The quantitative estimate of drug-likeness (QED) is 0.929. The summed E-state index contributed by atoms with van der Waals surface area (Å²) < 4.78 is 2.48. The highest BCUT2D eigenvalue weighted by molar-refractivity contribution is 8.14. The average Bonchev–Trinajstić information content (AvgIpc) is 3.33. The van der Waals surface area contributed by atoms with E-state index >= 15 is 0 Å². The summed E-state index contributed by atoms with van der Waals surface area (Å²) in [5.74, 6) is 0.924. The molecule has 1 aromatic rings. The lowest BCUT2D eigenvalue weighted by molar-refractivity contribution is 0.699. The molecule has 0 bridgehead atoms. The minimum absolute atomic E-state index is 0.557. The van der Waals surface area contributed by atoms with Gasteiger partial charge in [0.2, 0.25) is 0 Å². The molecule has 0 saturated heterocycles. The van der Waals surface area contributed by atoms with Crippen molar-refractivity contribution in [1.29, 1.82) is 0 Å². The topological polar surface area (TPSA) is 41.7 Å². The van der Waals surface area contributed by atoms with Gasteiger partial charge in [-0.15, -0.1) is 0 Å². The van der Waals surface area contributed by atoms with Gasteiger partial charge in [0.1, 0.15) is 0 Å². The Bertz CT molecular complexity index is 606. The van der Waals surface area contributed by atoms with Crippen LogP contribution in [0.1, 0.15) is 48.7 Å². The first kappa shape index (κ1) is 12.5. The van der Waals surface area contributed by atoms with Crippen molar-refractivity contribution in [2.45, 2.75) is 51.6 Å². The minimum atomic E-state index is 0.557. The predicted octanol–water partition coefficient (Wildman–Crippen LogP) is 3.00. The SMILES string of the molecule is Cc1cc(C2=NNC(=NC3CC3)SC2)c(C)n1C1CC1. The summed E-state index contributed by atoms with van der Waals surface area (Å²) >= 11 is 1.78. The third-order valence-electron chi connectivity index (χ3n) is 4.19. The summed E-state index contributed by atoms with van der Waals surface area (Å²) in [6.45, 7) is 4.43. The average molecular weight is 288 g/mol. The predicted molar refractivity (Wildman–Crippen MR) is 84.8 cm³/mol. The van der Waals surface area contributed by atoms with Gasteiger partial charge >= 0.3 is 0 Å². The Kier molecular flexibility index (Phi) is 2.91. The van der Waals surface area contributed by atoms with E-state index in [1.54, 1.807) is 11.8 Å². The molecular formula is C15H20N4S. The van der Waals surface area contributed by atoms with Crippen molar-refractivity contribution in [3.8, 4) is 0 Å². The van der Waals surface area contributed by atoms with Gasteiger partial charge in [0, 0.05) is 28.7 Å². The smallest absolute Gasteiger partial charge is 0.177 e. The number of aryl methyl sites for hydroxylation is 1. The van der Waals surface area contributed by atoms with E-state index in [0.717, 1.165) is 22.7 Å². The van der Waals surface area contributed by atoms with Crippen LogP contribution in [0.4, 0.5) is 0 Å². The first-order valence-corrected chi connectivity index (χ1v) is 8.43. The molecule has 2 fully saturated rings. The molecule has 2 aliphatic carbocycles. The zero-order chi connectivity index (χ0) is 13.7. The Morgan fingerprint density at radius 3 is 2.70 bits per heavy atom. The monoisotopic (exact) mass is 288 g/mol. The maximum absolute atomic E-state index is 4.62. The van der Waals surface area contributed by atoms with Gasteiger partial charge in [-0.3, -0.25) is 10.4 Å². The van der Waals surface area contributed by atoms with E-state index in [1.807, 2.05) is 0 Å². The number of hydrazone groups is 1. The van der Waals surface area contributed by atoms with Crippen LogP contribution in [0.15, 0.2) is 16.2 Å². The van der Waals surface area contributed by atoms with Gasteiger partial charge in [0.15, 0.2) is 5.17 Å². The number of amidine groups is 1. The largest absolute Gasteiger partial charge is 0.345 e. The van der Waals surface area contributed by atoms with Gasteiger partial charge < -0.3 is 4.57 Å². The van der Waals surface area contributed by atoms with Crippen molar-refractivity contribution in [2.24, 2.45) is 10.1 Å². The summed E-state index contributed by atoms with van der Waals surface area (Å²) in [5, 5.41) is 5.55. The Balaban J connectivity index is 1.58. The molecule has 20 heavy (non-hydrogen) atoms. The lowest BCUT2D eigenvalue weighted by Gasteiger charge is -2.15. The zero-order valence-corrected chi connectivity index (χ0v) is 12.8. The molecule has 4 rings (SSSR count). The van der Waals surface area contributed by atoms with Crippen molar-refractivity contribution in [3.63, 3.8) is 0 Å². The van der Waals surface area contributed by atoms with E-state index in [2.05, 4.69) is 40.0 Å². The first-order valence-electron chi connectivity index (χ1n) is 7.44. The normalized spacial score (nSPS) is 24.7. The van der Waals surface area contributed by atoms with Gasteiger partial charge in [0.25, 0.3) is 0 Å². The Hall–Kier alpha value is -1.23. The van der Waals surface area contributed by atoms with Gasteiger partial charge in [-0.25, -0.2) is 0 Å². The summed E-state index contributed by atoms with van der Waals surface area (Å²) in [4.78, 5) is 4.62. The number of nitrogens with zero attached hydrogens (tertiary/aromatic N) is 3. The fourth-order valence-corrected chi connectivity index (χ4v) is 3.68. The van der Waals surface area contributed by atoms with Crippen LogP contribution in [-0.2, 0) is 0 Å². The second-order valence-corrected chi connectivity index (χ2v) is 6.97. The molecular weight excluding hydrogens is 268 g/mol. The van der Waals surface area contributed by atoms with Crippen molar-refractivity contribution >= 4 is 22.6 Å². The lowest BCUT2D eigenvalue weighted by atomic mass is 10.1. The number of aromatic nitrogens is 1. The fraction of sp³-hybridized carbons (Fsp3) is 0.600. The van der Waals surface area contributed by atoms with Crippen molar-refractivity contribution in [3.05, 3.63) is 23.0 Å². The van der Waals surface area contributed by atoms with Gasteiger partial charge in [-0.1, -0.05) is 11.8 Å². The molecule has 0 spiro atoms. The third-order valence-corrected chi connectivity index (χ3v) is 5.07. The Morgan fingerprint density at radius 1 is 1.30 bits per heavy atom. The lowest BCUT2D eigenvalue weighted by Crippen LogP contribution is -2.26. The molecule has 1 N–H and O–H groups in total. The van der Waals surface area contributed by atoms with E-state index in [4.69, 9.17) is 0 Å². The molecule has 0 amide bonds. The maximum Gasteiger partial charge on any atom is 0.177 e. The molecule has 5 heteroatoms. The summed E-state index contributed by atoms with van der Waals surface area (Å²) in [5.41, 5.74) is 8.33. The fourth-order valence-electron chi connectivity index (χ4n) is 2.85. The number of rotatable bonds is 3. The van der Waals surface area contributed by atoms with Crippen LogP contribution in [0.2, 0.25) is 0 Å². The highest BCUT2D eigenvalue weighted by Gasteiger charge is 2.28. The first-order chi connectivity index (χ1) is 9.72. The number of thioether (sulfide) groups is 1. The van der Waals surface area contributed by atoms with Crippen LogP contribution in [0.3, 0.4) is 0 Å². The van der Waals surface area contributed by atoms with Crippen LogP contribution in [-0.4, -0.2) is 27.2 Å². The molecule has 0 aromatic carbocycles. The molecule has 4 nitrogen and oxygen atoms in total. The molecule has 1 aromatic heterocycles. The number of hydrogen-bond acceptors (Lipinski definition) is 3. The maximum atomic E-state index is 4.62. The zero-order valence-electron chi connectivity index (χ0n) is 12.0. The standard InChI is InChI=1S/C15H20N4S/c1-9-7-13(10(2)19(9)12-5-6-12)14-8-20-15(18-17-14)16-11-3-4-11/h7,11-12H,3-6,8H2,1-2H3,(H,16,18). The van der Waals surface area contributed by atoms with Crippen LogP contribution in [0.5, 0.6) is 0 Å². The van der Waals surface area contributed by atoms with Gasteiger partial charge in [0.05, 0.1) is 11.8 Å². The Morgan fingerprint density at radius 2 is 2.10 bits per heavy atom. The molecule has 0 unspecified atom stereocenters. The van der Waals surface area contributed by atoms with E-state index < -0.39 is 0 Å². The van der Waals surface area contributed by atoms with Crippen molar-refractivity contribution in [1.82, 2.24) is 9.99 Å². The number of hydrogen-bond donors (Lipinski definition) is 1. The molecule has 2 heterocycles. The summed E-state index contributed by atoms with van der Waals surface area (Å²) in [6, 6.07) is 3.58. The van der Waals surface area contributed by atoms with Gasteiger partial charge in [-0.2, -0.15) is 5.10 Å². The molecule has 3 aliphatic rings. The number of nitrogens with one attached hydrogen (secondary N) is 1. The van der Waals surface area contributed by atoms with Crippen molar-refractivity contribution < 1.29 is 0 Å². The number of aliphatic imine (C=N–C) groups is 1. The van der Waals surface area contributed by atoms with Crippen LogP contribution in [0, 0.1) is 13.8 Å². The summed E-state index contributed by atoms with van der Waals surface area (Å²) in [6.07, 6.45) is 5.14. The van der Waals surface area contributed by atoms with Crippen LogP contribution < -0.4 is 5.43 Å². The van der Waals surface area contributed by atoms with E-state index in [9.17, 15) is 0 Å².